The van der Waals surface area contributed by atoms with Crippen molar-refractivity contribution in [2.45, 2.75) is 19.9 Å². The summed E-state index contributed by atoms with van der Waals surface area (Å²) in [6.07, 6.45) is 2.67. The highest BCUT2D eigenvalue weighted by molar-refractivity contribution is 6.25. The minimum atomic E-state index is -0.344. The Labute approximate surface area is 106 Å². The lowest BCUT2D eigenvalue weighted by molar-refractivity contribution is 0.341. The predicted molar refractivity (Wildman–Crippen MR) is 68.9 cm³/mol. The highest BCUT2D eigenvalue weighted by atomic mass is 35.5. The minimum absolute atomic E-state index is 0.249. The molecule has 94 valence electrons. The first-order chi connectivity index (χ1) is 8.27. The fourth-order valence-corrected chi connectivity index (χ4v) is 1.43. The summed E-state index contributed by atoms with van der Waals surface area (Å²) < 4.78 is 18.8. The summed E-state index contributed by atoms with van der Waals surface area (Å²) in [6.45, 7) is 3.97. The summed E-state index contributed by atoms with van der Waals surface area (Å²) >= 11 is 5.34. The number of hydrogen-bond donors (Lipinski definition) is 1. The number of benzene rings is 1. The van der Waals surface area contributed by atoms with E-state index in [2.05, 4.69) is 12.2 Å². The zero-order valence-corrected chi connectivity index (χ0v) is 10.6. The van der Waals surface area contributed by atoms with E-state index in [0.717, 1.165) is 18.5 Å². The van der Waals surface area contributed by atoms with Gasteiger partial charge in [0, 0.05) is 12.1 Å². The van der Waals surface area contributed by atoms with E-state index in [4.69, 9.17) is 16.3 Å². The van der Waals surface area contributed by atoms with Gasteiger partial charge in [-0.25, -0.2) is 4.39 Å². The van der Waals surface area contributed by atoms with E-state index in [9.17, 15) is 4.39 Å². The van der Waals surface area contributed by atoms with Crippen LogP contribution in [0, 0.1) is 5.82 Å². The largest absolute Gasteiger partial charge is 0.486 e. The molecule has 17 heavy (non-hydrogen) atoms. The van der Waals surface area contributed by atoms with Gasteiger partial charge in [-0.2, -0.15) is 0 Å². The SMILES string of the molecule is CCCNCc1ccc(OC/C=C/Cl)c(F)c1. The lowest BCUT2D eigenvalue weighted by Crippen LogP contribution is -2.13. The van der Waals surface area contributed by atoms with Crippen molar-refractivity contribution in [2.75, 3.05) is 13.2 Å². The molecule has 0 bridgehead atoms. The van der Waals surface area contributed by atoms with Crippen LogP contribution in [0.4, 0.5) is 4.39 Å². The molecule has 0 saturated carbocycles. The molecule has 1 N–H and O–H groups in total. The average Bonchev–Trinajstić information content (AvgIpc) is 2.32. The van der Waals surface area contributed by atoms with Crippen LogP contribution < -0.4 is 10.1 Å². The van der Waals surface area contributed by atoms with Crippen molar-refractivity contribution in [3.05, 3.63) is 41.2 Å². The molecule has 1 aromatic rings. The van der Waals surface area contributed by atoms with Crippen molar-refractivity contribution < 1.29 is 9.13 Å². The van der Waals surface area contributed by atoms with Gasteiger partial charge in [0.25, 0.3) is 0 Å². The summed E-state index contributed by atoms with van der Waals surface area (Å²) in [5.74, 6) is -0.0946. The van der Waals surface area contributed by atoms with Gasteiger partial charge in [-0.05, 0) is 36.7 Å². The van der Waals surface area contributed by atoms with Gasteiger partial charge in [0.05, 0.1) is 0 Å². The Morgan fingerprint density at radius 3 is 2.94 bits per heavy atom. The van der Waals surface area contributed by atoms with Gasteiger partial charge in [0.1, 0.15) is 6.61 Å². The number of rotatable bonds is 7. The number of halogens is 2. The Hall–Kier alpha value is -1.06. The summed E-state index contributed by atoms with van der Waals surface area (Å²) in [7, 11) is 0. The molecule has 1 rings (SSSR count). The second-order valence-electron chi connectivity index (χ2n) is 3.61. The fraction of sp³-hybridized carbons (Fsp3) is 0.385. The molecule has 0 spiro atoms. The van der Waals surface area contributed by atoms with E-state index in [1.807, 2.05) is 6.07 Å². The van der Waals surface area contributed by atoms with Crippen molar-refractivity contribution >= 4 is 11.6 Å². The van der Waals surface area contributed by atoms with E-state index >= 15 is 0 Å². The quantitative estimate of drug-likeness (QED) is 0.756. The maximum absolute atomic E-state index is 13.6. The van der Waals surface area contributed by atoms with Crippen LogP contribution in [-0.4, -0.2) is 13.2 Å². The molecule has 0 amide bonds. The van der Waals surface area contributed by atoms with Crippen LogP contribution in [-0.2, 0) is 6.54 Å². The second-order valence-corrected chi connectivity index (χ2v) is 3.87. The zero-order valence-electron chi connectivity index (χ0n) is 9.88. The maximum atomic E-state index is 13.6. The van der Waals surface area contributed by atoms with Crippen molar-refractivity contribution in [1.29, 1.82) is 0 Å². The Morgan fingerprint density at radius 1 is 1.47 bits per heavy atom. The average molecular weight is 258 g/mol. The molecule has 0 heterocycles. The van der Waals surface area contributed by atoms with Crippen LogP contribution in [0.3, 0.4) is 0 Å². The predicted octanol–water partition coefficient (Wildman–Crippen LogP) is 3.46. The molecule has 0 aliphatic carbocycles. The lowest BCUT2D eigenvalue weighted by Gasteiger charge is -2.07. The summed E-state index contributed by atoms with van der Waals surface area (Å²) in [6, 6.07) is 4.98. The Kier molecular flexibility index (Phi) is 6.67. The van der Waals surface area contributed by atoms with Gasteiger partial charge < -0.3 is 10.1 Å². The van der Waals surface area contributed by atoms with Crippen LogP contribution in [0.25, 0.3) is 0 Å². The minimum Gasteiger partial charge on any atom is -0.486 e. The highest BCUT2D eigenvalue weighted by Gasteiger charge is 2.03. The maximum Gasteiger partial charge on any atom is 0.165 e. The third-order valence-corrected chi connectivity index (χ3v) is 2.35. The topological polar surface area (TPSA) is 21.3 Å². The Bertz CT molecular complexity index is 368. The number of hydrogen-bond acceptors (Lipinski definition) is 2. The fourth-order valence-electron chi connectivity index (χ4n) is 1.36. The van der Waals surface area contributed by atoms with Gasteiger partial charge in [0.2, 0.25) is 0 Å². The first-order valence-electron chi connectivity index (χ1n) is 5.65. The van der Waals surface area contributed by atoms with E-state index in [1.54, 1.807) is 12.1 Å². The van der Waals surface area contributed by atoms with E-state index in [0.29, 0.717) is 6.54 Å². The monoisotopic (exact) mass is 257 g/mol. The summed E-state index contributed by atoms with van der Waals surface area (Å²) in [4.78, 5) is 0. The van der Waals surface area contributed by atoms with Gasteiger partial charge in [-0.3, -0.25) is 0 Å². The van der Waals surface area contributed by atoms with Crippen LogP contribution in [0.1, 0.15) is 18.9 Å². The molecule has 2 nitrogen and oxygen atoms in total. The van der Waals surface area contributed by atoms with Crippen LogP contribution >= 0.6 is 11.6 Å². The zero-order chi connectivity index (χ0) is 12.5. The van der Waals surface area contributed by atoms with Crippen LogP contribution in [0.5, 0.6) is 5.75 Å². The molecule has 1 aromatic carbocycles. The highest BCUT2D eigenvalue weighted by Crippen LogP contribution is 2.18. The number of nitrogens with one attached hydrogen (secondary N) is 1. The summed E-state index contributed by atoms with van der Waals surface area (Å²) in [5.41, 5.74) is 2.26. The normalized spacial score (nSPS) is 11.0. The molecule has 0 saturated heterocycles. The Morgan fingerprint density at radius 2 is 2.29 bits per heavy atom. The van der Waals surface area contributed by atoms with E-state index < -0.39 is 0 Å². The van der Waals surface area contributed by atoms with Gasteiger partial charge in [0.15, 0.2) is 11.6 Å². The Balaban J connectivity index is 2.53. The van der Waals surface area contributed by atoms with Crippen molar-refractivity contribution in [3.63, 3.8) is 0 Å². The van der Waals surface area contributed by atoms with Gasteiger partial charge in [-0.15, -0.1) is 0 Å². The third kappa shape index (κ3) is 5.20. The first-order valence-corrected chi connectivity index (χ1v) is 6.08. The smallest absolute Gasteiger partial charge is 0.165 e. The van der Waals surface area contributed by atoms with E-state index in [-0.39, 0.29) is 18.2 Å². The van der Waals surface area contributed by atoms with Crippen LogP contribution in [0.2, 0.25) is 0 Å². The molecular weight excluding hydrogens is 241 g/mol. The van der Waals surface area contributed by atoms with Gasteiger partial charge in [-0.1, -0.05) is 24.6 Å². The third-order valence-electron chi connectivity index (χ3n) is 2.18. The second kappa shape index (κ2) is 8.09. The number of ether oxygens (including phenoxy) is 1. The molecule has 0 radical (unpaired) electrons. The molecular formula is C13H17ClFNO. The molecule has 4 heteroatoms. The standard InChI is InChI=1S/C13H17ClFNO/c1-2-7-16-10-11-4-5-13(12(15)9-11)17-8-3-6-14/h3-6,9,16H,2,7-8,10H2,1H3/b6-3+. The lowest BCUT2D eigenvalue weighted by atomic mass is 10.2. The van der Waals surface area contributed by atoms with Gasteiger partial charge >= 0.3 is 0 Å². The van der Waals surface area contributed by atoms with Crippen LogP contribution in [0.15, 0.2) is 29.8 Å². The molecule has 0 aliphatic heterocycles. The molecule has 0 unspecified atom stereocenters. The van der Waals surface area contributed by atoms with Crippen molar-refractivity contribution in [3.8, 4) is 5.75 Å². The van der Waals surface area contributed by atoms with Crippen molar-refractivity contribution in [1.82, 2.24) is 5.32 Å². The molecule has 0 fully saturated rings. The molecule has 0 aromatic heterocycles. The van der Waals surface area contributed by atoms with Crippen molar-refractivity contribution in [2.24, 2.45) is 0 Å². The first kappa shape index (κ1) is 14.0. The molecule has 0 aliphatic rings. The van der Waals surface area contributed by atoms with E-state index in [1.165, 1.54) is 11.6 Å². The summed E-state index contributed by atoms with van der Waals surface area (Å²) in [5, 5.41) is 3.21. The molecule has 0 atom stereocenters.